The first kappa shape index (κ1) is 13.5. The molecule has 1 atom stereocenters. The van der Waals surface area contributed by atoms with Gasteiger partial charge in [-0.3, -0.25) is 0 Å². The van der Waals surface area contributed by atoms with Gasteiger partial charge in [-0.15, -0.1) is 0 Å². The minimum absolute atomic E-state index is 0.254. The van der Waals surface area contributed by atoms with Crippen LogP contribution in [0.25, 0.3) is 0 Å². The molecular formula is C11H17F4N. The highest BCUT2D eigenvalue weighted by atomic mass is 19.3. The van der Waals surface area contributed by atoms with E-state index in [0.29, 0.717) is 18.4 Å². The third kappa shape index (κ3) is 2.97. The predicted molar refractivity (Wildman–Crippen MR) is 55.0 cm³/mol. The molecule has 0 fully saturated rings. The first-order chi connectivity index (χ1) is 7.50. The molecule has 1 aliphatic rings. The fourth-order valence-electron chi connectivity index (χ4n) is 1.97. The summed E-state index contributed by atoms with van der Waals surface area (Å²) in [5.74, 6) is -3.99. The number of hydrogen-bond acceptors (Lipinski definition) is 1. The molecule has 1 rings (SSSR count). The SMILES string of the molecule is CCNC(C1=CCCCC1)C(F)(F)C(F)F. The molecule has 0 heterocycles. The van der Waals surface area contributed by atoms with Crippen LogP contribution in [0.3, 0.4) is 0 Å². The lowest BCUT2D eigenvalue weighted by Gasteiger charge is -2.30. The Morgan fingerprint density at radius 1 is 1.38 bits per heavy atom. The van der Waals surface area contributed by atoms with Gasteiger partial charge in [-0.2, -0.15) is 8.78 Å². The number of likely N-dealkylation sites (N-methyl/N-ethyl adjacent to an activating group) is 1. The molecule has 0 saturated carbocycles. The summed E-state index contributed by atoms with van der Waals surface area (Å²) in [5, 5.41) is 2.48. The van der Waals surface area contributed by atoms with Crippen LogP contribution in [0.1, 0.15) is 32.6 Å². The van der Waals surface area contributed by atoms with E-state index in [2.05, 4.69) is 5.32 Å². The summed E-state index contributed by atoms with van der Waals surface area (Å²) < 4.78 is 51.3. The fraction of sp³-hybridized carbons (Fsp3) is 0.818. The van der Waals surface area contributed by atoms with Gasteiger partial charge in [0.15, 0.2) is 0 Å². The average Bonchev–Trinajstić information content (AvgIpc) is 2.26. The molecule has 1 unspecified atom stereocenters. The lowest BCUT2D eigenvalue weighted by molar-refractivity contribution is -0.143. The molecule has 94 valence electrons. The molecule has 5 heteroatoms. The van der Waals surface area contributed by atoms with Crippen LogP contribution in [0.15, 0.2) is 11.6 Å². The number of nitrogens with one attached hydrogen (secondary N) is 1. The molecule has 0 aromatic heterocycles. The molecule has 0 bridgehead atoms. The lowest BCUT2D eigenvalue weighted by Crippen LogP contribution is -2.50. The molecule has 0 aliphatic heterocycles. The van der Waals surface area contributed by atoms with Crippen molar-refractivity contribution in [3.05, 3.63) is 11.6 Å². The summed E-state index contributed by atoms with van der Waals surface area (Å²) in [6, 6.07) is -1.52. The van der Waals surface area contributed by atoms with Crippen LogP contribution in [0.4, 0.5) is 17.6 Å². The number of halogens is 4. The largest absolute Gasteiger partial charge is 0.326 e. The van der Waals surface area contributed by atoms with Crippen molar-refractivity contribution in [2.75, 3.05) is 6.54 Å². The quantitative estimate of drug-likeness (QED) is 0.573. The molecule has 0 aromatic rings. The van der Waals surface area contributed by atoms with Crippen LogP contribution < -0.4 is 5.32 Å². The highest BCUT2D eigenvalue weighted by Gasteiger charge is 2.49. The summed E-state index contributed by atoms with van der Waals surface area (Å²) in [6.07, 6.45) is 0.985. The number of alkyl halides is 4. The molecule has 1 nitrogen and oxygen atoms in total. The van der Waals surface area contributed by atoms with Crippen molar-refractivity contribution in [2.45, 2.75) is 51.0 Å². The Labute approximate surface area is 92.9 Å². The van der Waals surface area contributed by atoms with Gasteiger partial charge in [0, 0.05) is 0 Å². The average molecular weight is 239 g/mol. The minimum atomic E-state index is -3.99. The maximum atomic E-state index is 13.3. The van der Waals surface area contributed by atoms with Crippen LogP contribution in [0.2, 0.25) is 0 Å². The second-order valence-electron chi connectivity index (χ2n) is 3.99. The molecule has 0 aromatic carbocycles. The first-order valence-electron chi connectivity index (χ1n) is 5.58. The Morgan fingerprint density at radius 2 is 2.06 bits per heavy atom. The van der Waals surface area contributed by atoms with Crippen LogP contribution in [0.5, 0.6) is 0 Å². The van der Waals surface area contributed by atoms with Crippen molar-refractivity contribution in [1.29, 1.82) is 0 Å². The molecular weight excluding hydrogens is 222 g/mol. The van der Waals surface area contributed by atoms with Gasteiger partial charge in [0.05, 0.1) is 6.04 Å². The normalized spacial score (nSPS) is 19.8. The molecule has 1 N–H and O–H groups in total. The van der Waals surface area contributed by atoms with Gasteiger partial charge in [-0.25, -0.2) is 8.78 Å². The van der Waals surface area contributed by atoms with Gasteiger partial charge < -0.3 is 5.32 Å². The predicted octanol–water partition coefficient (Wildman–Crippen LogP) is 3.37. The summed E-state index contributed by atoms with van der Waals surface area (Å²) in [5.41, 5.74) is 0.429. The highest BCUT2D eigenvalue weighted by Crippen LogP contribution is 2.34. The molecule has 0 saturated heterocycles. The van der Waals surface area contributed by atoms with Gasteiger partial charge in [0.2, 0.25) is 0 Å². The van der Waals surface area contributed by atoms with Gasteiger partial charge in [0.1, 0.15) is 0 Å². The van der Waals surface area contributed by atoms with Crippen LogP contribution >= 0.6 is 0 Å². The maximum absolute atomic E-state index is 13.3. The van der Waals surface area contributed by atoms with E-state index in [0.717, 1.165) is 12.8 Å². The van der Waals surface area contributed by atoms with Crippen LogP contribution in [-0.2, 0) is 0 Å². The Balaban J connectivity index is 2.84. The summed E-state index contributed by atoms with van der Waals surface area (Å²) in [6.45, 7) is 1.89. The molecule has 0 spiro atoms. The standard InChI is InChI=1S/C11H17F4N/c1-2-16-9(11(14,15)10(12)13)8-6-4-3-5-7-8/h6,9-10,16H,2-5,7H2,1H3. The van der Waals surface area contributed by atoms with Crippen molar-refractivity contribution in [2.24, 2.45) is 0 Å². The zero-order valence-corrected chi connectivity index (χ0v) is 9.28. The topological polar surface area (TPSA) is 12.0 Å². The van der Waals surface area contributed by atoms with E-state index in [9.17, 15) is 17.6 Å². The van der Waals surface area contributed by atoms with E-state index >= 15 is 0 Å². The first-order valence-corrected chi connectivity index (χ1v) is 5.58. The van der Waals surface area contributed by atoms with Crippen molar-refractivity contribution in [3.8, 4) is 0 Å². The Morgan fingerprint density at radius 3 is 2.50 bits per heavy atom. The highest BCUT2D eigenvalue weighted by molar-refractivity contribution is 5.17. The van der Waals surface area contributed by atoms with Crippen molar-refractivity contribution >= 4 is 0 Å². The van der Waals surface area contributed by atoms with Gasteiger partial charge in [-0.1, -0.05) is 18.6 Å². The number of rotatable bonds is 5. The van der Waals surface area contributed by atoms with Gasteiger partial charge >= 0.3 is 12.3 Å². The molecule has 16 heavy (non-hydrogen) atoms. The van der Waals surface area contributed by atoms with E-state index in [1.165, 1.54) is 0 Å². The third-order valence-corrected chi connectivity index (χ3v) is 2.78. The Bertz CT molecular complexity index is 250. The fourth-order valence-corrected chi connectivity index (χ4v) is 1.97. The number of allylic oxidation sites excluding steroid dienone is 1. The summed E-state index contributed by atoms with van der Waals surface area (Å²) in [7, 11) is 0. The van der Waals surface area contributed by atoms with Crippen LogP contribution in [0, 0.1) is 0 Å². The lowest BCUT2D eigenvalue weighted by atomic mass is 9.90. The second kappa shape index (κ2) is 5.66. The molecule has 0 amide bonds. The van der Waals surface area contributed by atoms with Gasteiger partial charge in [0.25, 0.3) is 0 Å². The second-order valence-corrected chi connectivity index (χ2v) is 3.99. The Hall–Kier alpha value is -0.580. The van der Waals surface area contributed by atoms with E-state index in [-0.39, 0.29) is 6.54 Å². The zero-order valence-electron chi connectivity index (χ0n) is 9.28. The minimum Gasteiger partial charge on any atom is -0.305 e. The van der Waals surface area contributed by atoms with E-state index in [1.807, 2.05) is 0 Å². The zero-order chi connectivity index (χ0) is 12.2. The monoisotopic (exact) mass is 239 g/mol. The van der Waals surface area contributed by atoms with Gasteiger partial charge in [-0.05, 0) is 32.2 Å². The summed E-state index contributed by atoms with van der Waals surface area (Å²) >= 11 is 0. The van der Waals surface area contributed by atoms with Crippen molar-refractivity contribution in [3.63, 3.8) is 0 Å². The number of hydrogen-bond donors (Lipinski definition) is 1. The molecule has 0 radical (unpaired) electrons. The maximum Gasteiger partial charge on any atom is 0.326 e. The van der Waals surface area contributed by atoms with E-state index in [1.54, 1.807) is 13.0 Å². The van der Waals surface area contributed by atoms with Crippen molar-refractivity contribution < 1.29 is 17.6 Å². The smallest absolute Gasteiger partial charge is 0.305 e. The van der Waals surface area contributed by atoms with E-state index < -0.39 is 18.4 Å². The summed E-state index contributed by atoms with van der Waals surface area (Å²) in [4.78, 5) is 0. The third-order valence-electron chi connectivity index (χ3n) is 2.78. The molecule has 1 aliphatic carbocycles. The Kier molecular flexibility index (Phi) is 4.77. The van der Waals surface area contributed by atoms with Crippen molar-refractivity contribution in [1.82, 2.24) is 5.32 Å². The van der Waals surface area contributed by atoms with Crippen LogP contribution in [-0.4, -0.2) is 24.9 Å². The van der Waals surface area contributed by atoms with E-state index in [4.69, 9.17) is 0 Å².